The first-order chi connectivity index (χ1) is 7.28. The summed E-state index contributed by atoms with van der Waals surface area (Å²) in [4.78, 5) is 4.03. The zero-order valence-corrected chi connectivity index (χ0v) is 8.61. The Balaban J connectivity index is 2.16. The number of H-pyrrole nitrogens is 1. The van der Waals surface area contributed by atoms with Gasteiger partial charge in [-0.15, -0.1) is 5.10 Å². The third kappa shape index (κ3) is 2.25. The summed E-state index contributed by atoms with van der Waals surface area (Å²) in [5, 5.41) is 9.77. The van der Waals surface area contributed by atoms with E-state index in [9.17, 15) is 0 Å². The largest absolute Gasteiger partial charge is 0.436 e. The number of aryl methyl sites for hydroxylation is 1. The van der Waals surface area contributed by atoms with Crippen LogP contribution in [0.2, 0.25) is 0 Å². The standard InChI is InChI=1S/C10H12N4O/c1-7-3-10(14-13-7)15-9-4-8(11-2)5-12-6-9/h3-6,11H,1-2H3,(H,13,14). The van der Waals surface area contributed by atoms with Gasteiger partial charge in [-0.1, -0.05) is 0 Å². The van der Waals surface area contributed by atoms with Gasteiger partial charge in [0, 0.05) is 24.9 Å². The number of anilines is 1. The summed E-state index contributed by atoms with van der Waals surface area (Å²) in [6.07, 6.45) is 3.37. The predicted octanol–water partition coefficient (Wildman–Crippen LogP) is 1.95. The lowest BCUT2D eigenvalue weighted by Crippen LogP contribution is -1.91. The molecule has 0 atom stereocenters. The van der Waals surface area contributed by atoms with Gasteiger partial charge in [0.1, 0.15) is 5.75 Å². The fourth-order valence-corrected chi connectivity index (χ4v) is 1.18. The number of nitrogens with zero attached hydrogens (tertiary/aromatic N) is 2. The number of nitrogens with one attached hydrogen (secondary N) is 2. The number of aromatic amines is 1. The molecule has 2 N–H and O–H groups in total. The maximum atomic E-state index is 5.50. The van der Waals surface area contributed by atoms with Gasteiger partial charge in [-0.2, -0.15) is 0 Å². The molecule has 0 bridgehead atoms. The second-order valence-electron chi connectivity index (χ2n) is 3.15. The van der Waals surface area contributed by atoms with Crippen LogP contribution in [0.25, 0.3) is 0 Å². The van der Waals surface area contributed by atoms with Crippen LogP contribution in [0.4, 0.5) is 5.69 Å². The van der Waals surface area contributed by atoms with Crippen molar-refractivity contribution in [3.8, 4) is 11.6 Å². The maximum Gasteiger partial charge on any atom is 0.238 e. The van der Waals surface area contributed by atoms with E-state index in [-0.39, 0.29) is 0 Å². The zero-order chi connectivity index (χ0) is 10.7. The number of hydrogen-bond acceptors (Lipinski definition) is 4. The van der Waals surface area contributed by atoms with Crippen molar-refractivity contribution < 1.29 is 4.74 Å². The first-order valence-electron chi connectivity index (χ1n) is 4.60. The Kier molecular flexibility index (Phi) is 2.53. The molecule has 0 radical (unpaired) electrons. The lowest BCUT2D eigenvalue weighted by molar-refractivity contribution is 0.459. The van der Waals surface area contributed by atoms with Crippen molar-refractivity contribution in [3.05, 3.63) is 30.2 Å². The van der Waals surface area contributed by atoms with Gasteiger partial charge >= 0.3 is 0 Å². The highest BCUT2D eigenvalue weighted by Gasteiger charge is 2.01. The highest BCUT2D eigenvalue weighted by atomic mass is 16.5. The molecule has 2 heterocycles. The van der Waals surface area contributed by atoms with Crippen molar-refractivity contribution in [2.24, 2.45) is 0 Å². The van der Waals surface area contributed by atoms with E-state index in [0.29, 0.717) is 11.6 Å². The Labute approximate surface area is 87.5 Å². The molecule has 0 aliphatic carbocycles. The van der Waals surface area contributed by atoms with E-state index in [2.05, 4.69) is 20.5 Å². The molecule has 0 aromatic carbocycles. The molecule has 2 aromatic heterocycles. The first kappa shape index (κ1) is 9.51. The van der Waals surface area contributed by atoms with Crippen molar-refractivity contribution in [2.75, 3.05) is 12.4 Å². The van der Waals surface area contributed by atoms with E-state index in [0.717, 1.165) is 11.4 Å². The Morgan fingerprint density at radius 2 is 2.20 bits per heavy atom. The van der Waals surface area contributed by atoms with E-state index in [1.807, 2.05) is 26.1 Å². The molecule has 0 fully saturated rings. The van der Waals surface area contributed by atoms with Gasteiger partial charge < -0.3 is 10.1 Å². The minimum Gasteiger partial charge on any atom is -0.436 e. The summed E-state index contributed by atoms with van der Waals surface area (Å²) in [5.74, 6) is 1.20. The summed E-state index contributed by atoms with van der Waals surface area (Å²) >= 11 is 0. The Morgan fingerprint density at radius 1 is 1.33 bits per heavy atom. The fraction of sp³-hybridized carbons (Fsp3) is 0.200. The molecule has 2 aromatic rings. The molecular formula is C10H12N4O. The Hall–Kier alpha value is -2.04. The SMILES string of the molecule is CNc1cncc(Oc2cc(C)[nH]n2)c1. The van der Waals surface area contributed by atoms with Gasteiger partial charge in [0.2, 0.25) is 5.88 Å². The highest BCUT2D eigenvalue weighted by molar-refractivity contribution is 5.45. The molecule has 0 aliphatic rings. The molecule has 78 valence electrons. The van der Waals surface area contributed by atoms with Crippen LogP contribution in [-0.4, -0.2) is 22.2 Å². The van der Waals surface area contributed by atoms with Gasteiger partial charge in [-0.3, -0.25) is 10.1 Å². The Bertz CT molecular complexity index is 452. The predicted molar refractivity (Wildman–Crippen MR) is 57.2 cm³/mol. The summed E-state index contributed by atoms with van der Waals surface area (Å²) in [6, 6.07) is 3.68. The van der Waals surface area contributed by atoms with Crippen molar-refractivity contribution in [2.45, 2.75) is 6.92 Å². The van der Waals surface area contributed by atoms with Crippen molar-refractivity contribution in [1.82, 2.24) is 15.2 Å². The van der Waals surface area contributed by atoms with Crippen molar-refractivity contribution in [1.29, 1.82) is 0 Å². The van der Waals surface area contributed by atoms with Gasteiger partial charge in [-0.05, 0) is 6.92 Å². The smallest absolute Gasteiger partial charge is 0.238 e. The van der Waals surface area contributed by atoms with Crippen LogP contribution in [0.5, 0.6) is 11.6 Å². The minimum absolute atomic E-state index is 0.544. The van der Waals surface area contributed by atoms with E-state index >= 15 is 0 Å². The van der Waals surface area contributed by atoms with Crippen molar-refractivity contribution >= 4 is 5.69 Å². The molecule has 2 rings (SSSR count). The van der Waals surface area contributed by atoms with Gasteiger partial charge in [-0.25, -0.2) is 0 Å². The van der Waals surface area contributed by atoms with Crippen LogP contribution in [0.3, 0.4) is 0 Å². The molecule has 5 heteroatoms. The van der Waals surface area contributed by atoms with Crippen LogP contribution >= 0.6 is 0 Å². The number of ether oxygens (including phenoxy) is 1. The summed E-state index contributed by atoms with van der Waals surface area (Å²) in [6.45, 7) is 1.92. The molecule has 0 amide bonds. The lowest BCUT2D eigenvalue weighted by atomic mass is 10.4. The average molecular weight is 204 g/mol. The van der Waals surface area contributed by atoms with Gasteiger partial charge in [0.05, 0.1) is 18.1 Å². The third-order valence-corrected chi connectivity index (χ3v) is 1.91. The fourth-order valence-electron chi connectivity index (χ4n) is 1.18. The van der Waals surface area contributed by atoms with E-state index < -0.39 is 0 Å². The van der Waals surface area contributed by atoms with Crippen LogP contribution < -0.4 is 10.1 Å². The van der Waals surface area contributed by atoms with E-state index in [4.69, 9.17) is 4.74 Å². The number of hydrogen-bond donors (Lipinski definition) is 2. The second kappa shape index (κ2) is 4.00. The second-order valence-corrected chi connectivity index (χ2v) is 3.15. The van der Waals surface area contributed by atoms with Crippen LogP contribution in [0.15, 0.2) is 24.5 Å². The molecule has 15 heavy (non-hydrogen) atoms. The third-order valence-electron chi connectivity index (χ3n) is 1.91. The number of rotatable bonds is 3. The quantitative estimate of drug-likeness (QED) is 0.802. The summed E-state index contributed by atoms with van der Waals surface area (Å²) in [5.41, 5.74) is 1.86. The first-order valence-corrected chi connectivity index (χ1v) is 4.60. The van der Waals surface area contributed by atoms with Crippen LogP contribution in [-0.2, 0) is 0 Å². The maximum absolute atomic E-state index is 5.50. The Morgan fingerprint density at radius 3 is 2.87 bits per heavy atom. The monoisotopic (exact) mass is 204 g/mol. The minimum atomic E-state index is 0.544. The van der Waals surface area contributed by atoms with Gasteiger partial charge in [0.25, 0.3) is 0 Å². The van der Waals surface area contributed by atoms with E-state index in [1.165, 1.54) is 0 Å². The molecule has 0 unspecified atom stereocenters. The molecule has 0 aliphatic heterocycles. The highest BCUT2D eigenvalue weighted by Crippen LogP contribution is 2.21. The lowest BCUT2D eigenvalue weighted by Gasteiger charge is -2.03. The molecule has 0 spiro atoms. The van der Waals surface area contributed by atoms with Gasteiger partial charge in [0.15, 0.2) is 0 Å². The summed E-state index contributed by atoms with van der Waals surface area (Å²) < 4.78 is 5.50. The normalized spacial score (nSPS) is 10.0. The molecule has 0 saturated heterocycles. The van der Waals surface area contributed by atoms with E-state index in [1.54, 1.807) is 12.4 Å². The zero-order valence-electron chi connectivity index (χ0n) is 8.61. The van der Waals surface area contributed by atoms with Crippen LogP contribution in [0.1, 0.15) is 5.69 Å². The molecular weight excluding hydrogens is 192 g/mol. The summed E-state index contributed by atoms with van der Waals surface area (Å²) in [7, 11) is 1.83. The topological polar surface area (TPSA) is 62.8 Å². The molecule has 0 saturated carbocycles. The average Bonchev–Trinajstić information content (AvgIpc) is 2.64. The molecule has 5 nitrogen and oxygen atoms in total. The van der Waals surface area contributed by atoms with Crippen LogP contribution in [0, 0.1) is 6.92 Å². The number of aromatic nitrogens is 3. The number of pyridine rings is 1. The van der Waals surface area contributed by atoms with Crippen molar-refractivity contribution in [3.63, 3.8) is 0 Å².